The minimum absolute atomic E-state index is 0.117. The van der Waals surface area contributed by atoms with Gasteiger partial charge in [0.05, 0.1) is 6.54 Å². The van der Waals surface area contributed by atoms with Crippen LogP contribution in [0, 0.1) is 6.92 Å². The lowest BCUT2D eigenvalue weighted by molar-refractivity contribution is -0.116. The van der Waals surface area contributed by atoms with Gasteiger partial charge in [-0.2, -0.15) is 0 Å². The number of hydrogen-bond acceptors (Lipinski definition) is 2. The van der Waals surface area contributed by atoms with Gasteiger partial charge < -0.3 is 10.1 Å². The number of para-hydroxylation sites is 1. The van der Waals surface area contributed by atoms with E-state index in [-0.39, 0.29) is 11.3 Å². The second kappa shape index (κ2) is 8.52. The summed E-state index contributed by atoms with van der Waals surface area (Å²) in [5.74, 6) is 0.736. The highest BCUT2D eigenvalue weighted by atomic mass is 16.5. The van der Waals surface area contributed by atoms with Crippen molar-refractivity contribution < 1.29 is 9.53 Å². The van der Waals surface area contributed by atoms with E-state index in [0.717, 1.165) is 16.9 Å². The molecule has 2 aromatic rings. The third-order valence-electron chi connectivity index (χ3n) is 3.96. The molecule has 1 amide bonds. The van der Waals surface area contributed by atoms with Gasteiger partial charge in [0, 0.05) is 6.08 Å². The molecule has 0 radical (unpaired) electrons. The molecule has 3 heteroatoms. The molecule has 2 rings (SSSR count). The van der Waals surface area contributed by atoms with E-state index in [1.807, 2.05) is 49.4 Å². The molecular formula is C22H27NO2. The van der Waals surface area contributed by atoms with Crippen LogP contribution in [0.5, 0.6) is 5.75 Å². The molecule has 0 atom stereocenters. The predicted molar refractivity (Wildman–Crippen MR) is 104 cm³/mol. The lowest BCUT2D eigenvalue weighted by Crippen LogP contribution is -2.26. The maximum Gasteiger partial charge on any atom is 0.244 e. The van der Waals surface area contributed by atoms with Gasteiger partial charge in [0.1, 0.15) is 12.4 Å². The van der Waals surface area contributed by atoms with Gasteiger partial charge >= 0.3 is 0 Å². The molecule has 3 nitrogen and oxygen atoms in total. The van der Waals surface area contributed by atoms with Crippen LogP contribution < -0.4 is 10.1 Å². The van der Waals surface area contributed by atoms with Crippen LogP contribution in [0.2, 0.25) is 0 Å². The van der Waals surface area contributed by atoms with Crippen molar-refractivity contribution in [3.05, 3.63) is 71.3 Å². The minimum Gasteiger partial charge on any atom is -0.491 e. The molecule has 0 aromatic heterocycles. The number of ether oxygens (including phenoxy) is 1. The van der Waals surface area contributed by atoms with E-state index >= 15 is 0 Å². The van der Waals surface area contributed by atoms with E-state index in [0.29, 0.717) is 13.2 Å². The van der Waals surface area contributed by atoms with Crippen molar-refractivity contribution in [2.45, 2.75) is 33.1 Å². The van der Waals surface area contributed by atoms with Crippen LogP contribution in [0.3, 0.4) is 0 Å². The van der Waals surface area contributed by atoms with E-state index in [1.54, 1.807) is 6.08 Å². The largest absolute Gasteiger partial charge is 0.491 e. The highest BCUT2D eigenvalue weighted by molar-refractivity contribution is 5.91. The van der Waals surface area contributed by atoms with E-state index in [4.69, 9.17) is 4.74 Å². The molecule has 132 valence electrons. The minimum atomic E-state index is -0.117. The number of benzene rings is 2. The van der Waals surface area contributed by atoms with Crippen molar-refractivity contribution in [3.63, 3.8) is 0 Å². The van der Waals surface area contributed by atoms with E-state index in [9.17, 15) is 4.79 Å². The fourth-order valence-electron chi connectivity index (χ4n) is 2.38. The number of nitrogens with one attached hydrogen (secondary N) is 1. The summed E-state index contributed by atoms with van der Waals surface area (Å²) in [6.07, 6.45) is 3.38. The van der Waals surface area contributed by atoms with Gasteiger partial charge in [0.25, 0.3) is 0 Å². The number of aryl methyl sites for hydroxylation is 1. The third kappa shape index (κ3) is 6.11. The molecule has 0 saturated carbocycles. The SMILES string of the molecule is Cc1ccccc1OCCNC(=O)/C=C/c1ccc(C(C)(C)C)cc1. The van der Waals surface area contributed by atoms with Crippen LogP contribution in [0.1, 0.15) is 37.5 Å². The molecule has 25 heavy (non-hydrogen) atoms. The number of hydrogen-bond donors (Lipinski definition) is 1. The zero-order valence-corrected chi connectivity index (χ0v) is 15.5. The molecule has 0 saturated heterocycles. The zero-order valence-electron chi connectivity index (χ0n) is 15.5. The summed E-state index contributed by atoms with van der Waals surface area (Å²) in [6, 6.07) is 16.1. The topological polar surface area (TPSA) is 38.3 Å². The van der Waals surface area contributed by atoms with Crippen molar-refractivity contribution in [3.8, 4) is 5.75 Å². The average molecular weight is 337 g/mol. The molecule has 0 aliphatic heterocycles. The first-order chi connectivity index (χ1) is 11.9. The number of rotatable bonds is 6. The molecule has 0 bridgehead atoms. The van der Waals surface area contributed by atoms with Crippen molar-refractivity contribution in [1.29, 1.82) is 0 Å². The van der Waals surface area contributed by atoms with E-state index in [1.165, 1.54) is 5.56 Å². The smallest absolute Gasteiger partial charge is 0.244 e. The van der Waals surface area contributed by atoms with Crippen molar-refractivity contribution in [2.24, 2.45) is 0 Å². The molecule has 0 aliphatic carbocycles. The van der Waals surface area contributed by atoms with Crippen LogP contribution >= 0.6 is 0 Å². The Morgan fingerprint density at radius 3 is 2.40 bits per heavy atom. The summed E-state index contributed by atoms with van der Waals surface area (Å²) in [5, 5.41) is 2.83. The first-order valence-corrected chi connectivity index (χ1v) is 8.61. The first kappa shape index (κ1) is 18.8. The molecule has 2 aromatic carbocycles. The Balaban J connectivity index is 1.76. The Morgan fingerprint density at radius 1 is 1.08 bits per heavy atom. The van der Waals surface area contributed by atoms with Gasteiger partial charge in [0.2, 0.25) is 5.91 Å². The standard InChI is InChI=1S/C22H27NO2/c1-17-7-5-6-8-20(17)25-16-15-23-21(24)14-11-18-9-12-19(13-10-18)22(2,3)4/h5-14H,15-16H2,1-4H3,(H,23,24)/b14-11+. The zero-order chi connectivity index (χ0) is 18.3. The number of amides is 1. The van der Waals surface area contributed by atoms with E-state index in [2.05, 4.69) is 38.2 Å². The third-order valence-corrected chi connectivity index (χ3v) is 3.96. The van der Waals surface area contributed by atoms with E-state index < -0.39 is 0 Å². The van der Waals surface area contributed by atoms with Crippen LogP contribution in [0.4, 0.5) is 0 Å². The fourth-order valence-corrected chi connectivity index (χ4v) is 2.38. The number of carbonyl (C=O) groups is 1. The molecule has 0 unspecified atom stereocenters. The lowest BCUT2D eigenvalue weighted by Gasteiger charge is -2.18. The lowest BCUT2D eigenvalue weighted by atomic mass is 9.87. The summed E-state index contributed by atoms with van der Waals surface area (Å²) in [4.78, 5) is 11.9. The summed E-state index contributed by atoms with van der Waals surface area (Å²) in [6.45, 7) is 9.48. The molecular weight excluding hydrogens is 310 g/mol. The van der Waals surface area contributed by atoms with Crippen LogP contribution in [-0.4, -0.2) is 19.1 Å². The Bertz CT molecular complexity index is 724. The second-order valence-electron chi connectivity index (χ2n) is 7.11. The second-order valence-corrected chi connectivity index (χ2v) is 7.11. The van der Waals surface area contributed by atoms with Gasteiger partial charge in [-0.3, -0.25) is 4.79 Å². The molecule has 1 N–H and O–H groups in total. The maximum absolute atomic E-state index is 11.9. The monoisotopic (exact) mass is 337 g/mol. The van der Waals surface area contributed by atoms with Gasteiger partial charge in [-0.25, -0.2) is 0 Å². The Kier molecular flexibility index (Phi) is 6.40. The quantitative estimate of drug-likeness (QED) is 0.622. The van der Waals surface area contributed by atoms with Crippen molar-refractivity contribution in [1.82, 2.24) is 5.32 Å². The van der Waals surface area contributed by atoms with Gasteiger partial charge in [0.15, 0.2) is 0 Å². The molecule has 0 fully saturated rings. The normalized spacial score (nSPS) is 11.5. The van der Waals surface area contributed by atoms with Gasteiger partial charge in [-0.15, -0.1) is 0 Å². The summed E-state index contributed by atoms with van der Waals surface area (Å²) in [5.41, 5.74) is 3.52. The molecule has 0 spiro atoms. The average Bonchev–Trinajstić information content (AvgIpc) is 2.58. The molecule has 0 aliphatic rings. The maximum atomic E-state index is 11.9. The predicted octanol–water partition coefficient (Wildman–Crippen LogP) is 4.50. The summed E-state index contributed by atoms with van der Waals surface area (Å²) < 4.78 is 5.66. The number of carbonyl (C=O) groups excluding carboxylic acids is 1. The van der Waals surface area contributed by atoms with Crippen LogP contribution in [-0.2, 0) is 10.2 Å². The van der Waals surface area contributed by atoms with Crippen LogP contribution in [0.15, 0.2) is 54.6 Å². The first-order valence-electron chi connectivity index (χ1n) is 8.61. The van der Waals surface area contributed by atoms with Crippen molar-refractivity contribution in [2.75, 3.05) is 13.2 Å². The summed E-state index contributed by atoms with van der Waals surface area (Å²) >= 11 is 0. The van der Waals surface area contributed by atoms with Gasteiger partial charge in [-0.05, 0) is 41.2 Å². The summed E-state index contributed by atoms with van der Waals surface area (Å²) in [7, 11) is 0. The Hall–Kier alpha value is -2.55. The highest BCUT2D eigenvalue weighted by Crippen LogP contribution is 2.22. The highest BCUT2D eigenvalue weighted by Gasteiger charge is 2.12. The Morgan fingerprint density at radius 2 is 1.76 bits per heavy atom. The van der Waals surface area contributed by atoms with Crippen LogP contribution in [0.25, 0.3) is 6.08 Å². The van der Waals surface area contributed by atoms with Gasteiger partial charge in [-0.1, -0.05) is 63.2 Å². The fraction of sp³-hybridized carbons (Fsp3) is 0.318. The molecule has 0 heterocycles. The van der Waals surface area contributed by atoms with Crippen molar-refractivity contribution >= 4 is 12.0 Å². The Labute approximate surface area is 150 Å².